The van der Waals surface area contributed by atoms with Gasteiger partial charge in [-0.1, -0.05) is 13.8 Å². The van der Waals surface area contributed by atoms with Crippen LogP contribution in [0.3, 0.4) is 0 Å². The van der Waals surface area contributed by atoms with Crippen LogP contribution in [0.5, 0.6) is 0 Å². The van der Waals surface area contributed by atoms with E-state index in [1.165, 1.54) is 12.0 Å². The predicted molar refractivity (Wildman–Crippen MR) is 123 cm³/mol. The molecule has 2 saturated heterocycles. The van der Waals surface area contributed by atoms with Gasteiger partial charge in [-0.2, -0.15) is 0 Å². The van der Waals surface area contributed by atoms with Gasteiger partial charge in [-0.05, 0) is 39.5 Å². The van der Waals surface area contributed by atoms with E-state index < -0.39 is 41.6 Å². The van der Waals surface area contributed by atoms with E-state index in [0.29, 0.717) is 19.3 Å². The first-order valence-corrected chi connectivity index (χ1v) is 11.7. The molecule has 0 bridgehead atoms. The first kappa shape index (κ1) is 27.6. The van der Waals surface area contributed by atoms with Crippen LogP contribution < -0.4 is 16.0 Å². The van der Waals surface area contributed by atoms with Crippen molar-refractivity contribution in [3.63, 3.8) is 0 Å². The third-order valence-electron chi connectivity index (χ3n) is 5.98. The van der Waals surface area contributed by atoms with Crippen LogP contribution >= 0.6 is 0 Å². The molecule has 0 radical (unpaired) electrons. The summed E-state index contributed by atoms with van der Waals surface area (Å²) in [6, 6.07) is -2.63. The summed E-state index contributed by atoms with van der Waals surface area (Å²) in [7, 11) is 1.50. The standard InChI is InChI=1S/C23H38N4O7/c1-13(2)18(26-22(32)34-23(3,4)5)21(31)27-11-16(33-6)10-17(27)20(30)25-15(12-28)9-14-7-8-24-19(14)29/h12-18H,7-11H2,1-6H3,(H,24,29)(H,25,30)(H,26,32)/t14-,15-,16-,17-,18-/m0/s1. The zero-order valence-corrected chi connectivity index (χ0v) is 20.9. The van der Waals surface area contributed by atoms with Crippen LogP contribution in [-0.4, -0.2) is 85.0 Å². The lowest BCUT2D eigenvalue weighted by Gasteiger charge is -2.31. The molecule has 34 heavy (non-hydrogen) atoms. The quantitative estimate of drug-likeness (QED) is 0.403. The average molecular weight is 483 g/mol. The Morgan fingerprint density at radius 1 is 1.24 bits per heavy atom. The third kappa shape index (κ3) is 7.41. The average Bonchev–Trinajstić information content (AvgIpc) is 3.35. The number of nitrogens with one attached hydrogen (secondary N) is 3. The molecule has 0 aromatic rings. The fourth-order valence-electron chi connectivity index (χ4n) is 4.19. The molecule has 11 heteroatoms. The lowest BCUT2D eigenvalue weighted by molar-refractivity contribution is -0.141. The number of carbonyl (C=O) groups is 5. The van der Waals surface area contributed by atoms with Crippen molar-refractivity contribution in [1.82, 2.24) is 20.9 Å². The number of hydrogen-bond acceptors (Lipinski definition) is 7. The van der Waals surface area contributed by atoms with Gasteiger partial charge < -0.3 is 35.1 Å². The number of nitrogens with zero attached hydrogens (tertiary/aromatic N) is 1. The molecule has 11 nitrogen and oxygen atoms in total. The van der Waals surface area contributed by atoms with Gasteiger partial charge in [0.1, 0.15) is 24.0 Å². The largest absolute Gasteiger partial charge is 0.444 e. The van der Waals surface area contributed by atoms with Crippen LogP contribution in [0.2, 0.25) is 0 Å². The van der Waals surface area contributed by atoms with E-state index in [1.807, 2.05) is 0 Å². The Balaban J connectivity index is 2.13. The molecule has 0 aliphatic carbocycles. The first-order chi connectivity index (χ1) is 15.9. The minimum absolute atomic E-state index is 0.133. The van der Waals surface area contributed by atoms with Gasteiger partial charge >= 0.3 is 6.09 Å². The number of likely N-dealkylation sites (tertiary alicyclic amines) is 1. The van der Waals surface area contributed by atoms with Gasteiger partial charge in [0.2, 0.25) is 17.7 Å². The topological polar surface area (TPSA) is 143 Å². The molecule has 0 aromatic heterocycles. The van der Waals surface area contributed by atoms with Gasteiger partial charge in [-0.25, -0.2) is 4.79 Å². The lowest BCUT2D eigenvalue weighted by Crippen LogP contribution is -2.56. The Bertz CT molecular complexity index is 780. The summed E-state index contributed by atoms with van der Waals surface area (Å²) < 4.78 is 10.7. The van der Waals surface area contributed by atoms with Gasteiger partial charge in [0.15, 0.2) is 0 Å². The molecule has 0 saturated carbocycles. The van der Waals surface area contributed by atoms with Crippen molar-refractivity contribution in [2.24, 2.45) is 11.8 Å². The Morgan fingerprint density at radius 2 is 1.91 bits per heavy atom. The van der Waals surface area contributed by atoms with Crippen molar-refractivity contribution in [3.05, 3.63) is 0 Å². The maximum Gasteiger partial charge on any atom is 0.408 e. The van der Waals surface area contributed by atoms with E-state index in [4.69, 9.17) is 9.47 Å². The van der Waals surface area contributed by atoms with Crippen molar-refractivity contribution in [3.8, 4) is 0 Å². The van der Waals surface area contributed by atoms with Gasteiger partial charge in [-0.15, -0.1) is 0 Å². The molecule has 0 spiro atoms. The highest BCUT2D eigenvalue weighted by Crippen LogP contribution is 2.24. The van der Waals surface area contributed by atoms with E-state index in [-0.39, 0.29) is 43.2 Å². The molecule has 2 rings (SSSR count). The molecule has 2 aliphatic rings. The summed E-state index contributed by atoms with van der Waals surface area (Å²) in [4.78, 5) is 63.7. The third-order valence-corrected chi connectivity index (χ3v) is 5.98. The summed E-state index contributed by atoms with van der Waals surface area (Å²) in [5.41, 5.74) is -0.730. The first-order valence-electron chi connectivity index (χ1n) is 11.7. The second kappa shape index (κ2) is 11.6. The molecule has 0 unspecified atom stereocenters. The van der Waals surface area contributed by atoms with Crippen LogP contribution in [0.15, 0.2) is 0 Å². The highest BCUT2D eigenvalue weighted by molar-refractivity contribution is 5.93. The Kier molecular flexibility index (Phi) is 9.43. The Hall–Kier alpha value is -2.69. The monoisotopic (exact) mass is 482 g/mol. The molecule has 5 atom stereocenters. The Labute approximate surface area is 200 Å². The molecule has 192 valence electrons. The minimum Gasteiger partial charge on any atom is -0.444 e. The van der Waals surface area contributed by atoms with E-state index in [9.17, 15) is 24.0 Å². The normalized spacial score (nSPS) is 24.4. The maximum absolute atomic E-state index is 13.4. The zero-order chi connectivity index (χ0) is 25.6. The maximum atomic E-state index is 13.4. The predicted octanol–water partition coefficient (Wildman–Crippen LogP) is 0.362. The molecule has 2 fully saturated rings. The molecule has 2 heterocycles. The summed E-state index contributed by atoms with van der Waals surface area (Å²) in [5, 5.41) is 8.01. The smallest absolute Gasteiger partial charge is 0.408 e. The van der Waals surface area contributed by atoms with Crippen molar-refractivity contribution in [1.29, 1.82) is 0 Å². The van der Waals surface area contributed by atoms with E-state index in [0.717, 1.165) is 0 Å². The van der Waals surface area contributed by atoms with E-state index in [2.05, 4.69) is 16.0 Å². The number of ether oxygens (including phenoxy) is 2. The number of alkyl carbamates (subject to hydrolysis) is 1. The number of methoxy groups -OCH3 is 1. The number of hydrogen-bond donors (Lipinski definition) is 3. The van der Waals surface area contributed by atoms with Crippen LogP contribution in [-0.2, 0) is 28.7 Å². The molecule has 2 aliphatic heterocycles. The van der Waals surface area contributed by atoms with E-state index in [1.54, 1.807) is 34.6 Å². The fourth-order valence-corrected chi connectivity index (χ4v) is 4.19. The number of amides is 4. The van der Waals surface area contributed by atoms with Gasteiger partial charge in [-0.3, -0.25) is 14.4 Å². The summed E-state index contributed by atoms with van der Waals surface area (Å²) in [6.45, 7) is 9.46. The van der Waals surface area contributed by atoms with Crippen LogP contribution in [0.4, 0.5) is 4.79 Å². The van der Waals surface area contributed by atoms with Gasteiger partial charge in [0.25, 0.3) is 0 Å². The molecule has 0 aromatic carbocycles. The SMILES string of the molecule is CO[C@H]1C[C@@H](C(=O)N[C@H](C=O)C[C@@H]2CCNC2=O)N(C(=O)[C@@H](NC(=O)OC(C)(C)C)C(C)C)C1. The number of carbonyl (C=O) groups excluding carboxylic acids is 5. The summed E-state index contributed by atoms with van der Waals surface area (Å²) in [6.07, 6.45) is 0.568. The Morgan fingerprint density at radius 3 is 2.41 bits per heavy atom. The second-order valence-corrected chi connectivity index (χ2v) is 10.2. The van der Waals surface area contributed by atoms with Crippen LogP contribution in [0, 0.1) is 11.8 Å². The highest BCUT2D eigenvalue weighted by Gasteiger charge is 2.43. The van der Waals surface area contributed by atoms with E-state index >= 15 is 0 Å². The van der Waals surface area contributed by atoms with Crippen molar-refractivity contribution in [2.75, 3.05) is 20.2 Å². The van der Waals surface area contributed by atoms with Gasteiger partial charge in [0, 0.05) is 32.5 Å². The molecule has 4 amide bonds. The number of aldehydes is 1. The lowest BCUT2D eigenvalue weighted by atomic mass is 9.98. The second-order valence-electron chi connectivity index (χ2n) is 10.2. The number of rotatable bonds is 9. The van der Waals surface area contributed by atoms with Crippen molar-refractivity contribution < 1.29 is 33.4 Å². The minimum atomic E-state index is -0.912. The van der Waals surface area contributed by atoms with Gasteiger partial charge in [0.05, 0.1) is 12.1 Å². The zero-order valence-electron chi connectivity index (χ0n) is 20.9. The molecular weight excluding hydrogens is 444 g/mol. The van der Waals surface area contributed by atoms with Crippen LogP contribution in [0.1, 0.15) is 53.9 Å². The summed E-state index contributed by atoms with van der Waals surface area (Å²) >= 11 is 0. The van der Waals surface area contributed by atoms with Crippen LogP contribution in [0.25, 0.3) is 0 Å². The molecule has 3 N–H and O–H groups in total. The van der Waals surface area contributed by atoms with Crippen molar-refractivity contribution >= 4 is 30.1 Å². The highest BCUT2D eigenvalue weighted by atomic mass is 16.6. The van der Waals surface area contributed by atoms with Crippen molar-refractivity contribution in [2.45, 2.75) is 83.7 Å². The fraction of sp³-hybridized carbons (Fsp3) is 0.783. The summed E-state index contributed by atoms with van der Waals surface area (Å²) in [5.74, 6) is -1.67. The molecular formula is C23H38N4O7.